The first kappa shape index (κ1) is 21.6. The standard InChI is InChI=1S/C20H28N4O4S/c1-4-5-7-13-10-22-18-16(19(26)24(3)20(27)23(18)2)17(13)29-12-15(25)21-11-14-8-6-9-28-14/h10,14H,4-9,11-12H2,1-3H3,(H,21,25)/t14-/m1/s1. The number of hydrogen-bond acceptors (Lipinski definition) is 6. The lowest BCUT2D eigenvalue weighted by Gasteiger charge is -2.15. The van der Waals surface area contributed by atoms with Gasteiger partial charge in [0.2, 0.25) is 5.91 Å². The molecule has 8 nitrogen and oxygen atoms in total. The summed E-state index contributed by atoms with van der Waals surface area (Å²) in [6, 6.07) is 0. The minimum Gasteiger partial charge on any atom is -0.376 e. The average Bonchev–Trinajstić information content (AvgIpc) is 3.25. The van der Waals surface area contributed by atoms with E-state index in [0.29, 0.717) is 17.6 Å². The van der Waals surface area contributed by atoms with Crippen molar-refractivity contribution in [3.63, 3.8) is 0 Å². The van der Waals surface area contributed by atoms with Crippen LogP contribution in [0.4, 0.5) is 0 Å². The third-order valence-corrected chi connectivity index (χ3v) is 6.35. The van der Waals surface area contributed by atoms with Gasteiger partial charge in [-0.1, -0.05) is 13.3 Å². The summed E-state index contributed by atoms with van der Waals surface area (Å²) in [5.74, 6) is 0.0929. The molecule has 1 saturated heterocycles. The van der Waals surface area contributed by atoms with E-state index >= 15 is 0 Å². The predicted octanol–water partition coefficient (Wildman–Crippen LogP) is 1.36. The molecule has 0 spiro atoms. The lowest BCUT2D eigenvalue weighted by Crippen LogP contribution is -2.37. The van der Waals surface area contributed by atoms with Crippen molar-refractivity contribution in [2.45, 2.75) is 50.0 Å². The number of pyridine rings is 1. The van der Waals surface area contributed by atoms with Crippen LogP contribution in [0.5, 0.6) is 0 Å². The molecule has 0 aliphatic carbocycles. The quantitative estimate of drug-likeness (QED) is 0.648. The summed E-state index contributed by atoms with van der Waals surface area (Å²) in [5, 5.41) is 3.32. The highest BCUT2D eigenvalue weighted by molar-refractivity contribution is 8.00. The highest BCUT2D eigenvalue weighted by Gasteiger charge is 2.20. The zero-order chi connectivity index (χ0) is 21.0. The molecular weight excluding hydrogens is 392 g/mol. The van der Waals surface area contributed by atoms with E-state index < -0.39 is 5.69 Å². The smallest absolute Gasteiger partial charge is 0.332 e. The number of rotatable bonds is 8. The molecule has 1 N–H and O–H groups in total. The zero-order valence-corrected chi connectivity index (χ0v) is 18.0. The second-order valence-corrected chi connectivity index (χ2v) is 8.33. The Hall–Kier alpha value is -2.13. The molecule has 2 aromatic rings. The summed E-state index contributed by atoms with van der Waals surface area (Å²) in [5.41, 5.74) is 0.491. The Bertz CT molecular complexity index is 1010. The highest BCUT2D eigenvalue weighted by atomic mass is 32.2. The summed E-state index contributed by atoms with van der Waals surface area (Å²) in [6.07, 6.45) is 6.55. The van der Waals surface area contributed by atoms with Gasteiger partial charge < -0.3 is 10.1 Å². The molecule has 1 amide bonds. The van der Waals surface area contributed by atoms with Crippen molar-refractivity contribution in [2.75, 3.05) is 18.9 Å². The second kappa shape index (κ2) is 9.58. The Kier molecular flexibility index (Phi) is 7.13. The normalized spacial score (nSPS) is 16.4. The molecule has 2 aromatic heterocycles. The minimum absolute atomic E-state index is 0.0904. The number of aryl methyl sites for hydroxylation is 2. The molecule has 0 bridgehead atoms. The maximum atomic E-state index is 12.9. The summed E-state index contributed by atoms with van der Waals surface area (Å²) in [6.45, 7) is 3.36. The molecule has 3 heterocycles. The zero-order valence-electron chi connectivity index (χ0n) is 17.2. The minimum atomic E-state index is -0.415. The number of fused-ring (bicyclic) bond motifs is 1. The molecule has 0 saturated carbocycles. The van der Waals surface area contributed by atoms with E-state index in [0.717, 1.165) is 53.7 Å². The van der Waals surface area contributed by atoms with Crippen molar-refractivity contribution in [3.8, 4) is 0 Å². The molecule has 29 heavy (non-hydrogen) atoms. The number of carbonyl (C=O) groups is 1. The first-order valence-electron chi connectivity index (χ1n) is 10.0. The molecule has 0 aromatic carbocycles. The first-order chi connectivity index (χ1) is 13.9. The van der Waals surface area contributed by atoms with E-state index in [9.17, 15) is 14.4 Å². The van der Waals surface area contributed by atoms with Crippen molar-refractivity contribution < 1.29 is 9.53 Å². The topological polar surface area (TPSA) is 95.2 Å². The van der Waals surface area contributed by atoms with Crippen LogP contribution in [0.25, 0.3) is 11.0 Å². The molecule has 0 radical (unpaired) electrons. The lowest BCUT2D eigenvalue weighted by molar-refractivity contribution is -0.119. The number of hydrogen-bond donors (Lipinski definition) is 1. The molecule has 1 fully saturated rings. The average molecular weight is 421 g/mol. The Balaban J connectivity index is 1.89. The van der Waals surface area contributed by atoms with Crippen molar-refractivity contribution in [2.24, 2.45) is 14.1 Å². The summed E-state index contributed by atoms with van der Waals surface area (Å²) in [4.78, 5) is 42.6. The second-order valence-electron chi connectivity index (χ2n) is 7.35. The van der Waals surface area contributed by atoms with Gasteiger partial charge >= 0.3 is 5.69 Å². The Morgan fingerprint density at radius 3 is 2.83 bits per heavy atom. The van der Waals surface area contributed by atoms with E-state index in [4.69, 9.17) is 4.74 Å². The van der Waals surface area contributed by atoms with Crippen LogP contribution in [0, 0.1) is 0 Å². The third kappa shape index (κ3) is 4.72. The van der Waals surface area contributed by atoms with Gasteiger partial charge in [0, 0.05) is 38.3 Å². The van der Waals surface area contributed by atoms with E-state index in [1.165, 1.54) is 23.4 Å². The van der Waals surface area contributed by atoms with Crippen LogP contribution in [0.2, 0.25) is 0 Å². The molecule has 1 aliphatic rings. The van der Waals surface area contributed by atoms with Crippen LogP contribution in [-0.2, 0) is 30.0 Å². The molecule has 1 aliphatic heterocycles. The third-order valence-electron chi connectivity index (χ3n) is 5.19. The number of nitrogens with one attached hydrogen (secondary N) is 1. The van der Waals surface area contributed by atoms with Gasteiger partial charge in [-0.2, -0.15) is 0 Å². The largest absolute Gasteiger partial charge is 0.376 e. The van der Waals surface area contributed by atoms with Gasteiger partial charge in [-0.05, 0) is 31.2 Å². The molecule has 158 valence electrons. The van der Waals surface area contributed by atoms with Gasteiger partial charge in [-0.25, -0.2) is 9.78 Å². The molecular formula is C20H28N4O4S. The van der Waals surface area contributed by atoms with Gasteiger partial charge in [0.1, 0.15) is 5.65 Å². The number of aromatic nitrogens is 3. The van der Waals surface area contributed by atoms with E-state index in [1.54, 1.807) is 13.2 Å². The number of amides is 1. The van der Waals surface area contributed by atoms with Crippen LogP contribution in [0.15, 0.2) is 20.7 Å². The first-order valence-corrected chi connectivity index (χ1v) is 11.0. The Morgan fingerprint density at radius 1 is 1.34 bits per heavy atom. The van der Waals surface area contributed by atoms with Gasteiger partial charge in [0.15, 0.2) is 0 Å². The summed E-state index contributed by atoms with van der Waals surface area (Å²) < 4.78 is 8.00. The van der Waals surface area contributed by atoms with E-state index in [1.807, 2.05) is 0 Å². The molecule has 9 heteroatoms. The fourth-order valence-corrected chi connectivity index (χ4v) is 4.51. The number of thioether (sulfide) groups is 1. The molecule has 0 unspecified atom stereocenters. The Labute approximate surface area is 173 Å². The van der Waals surface area contributed by atoms with Crippen LogP contribution in [0.1, 0.15) is 38.2 Å². The summed E-state index contributed by atoms with van der Waals surface area (Å²) >= 11 is 1.33. The van der Waals surface area contributed by atoms with E-state index in [2.05, 4.69) is 17.2 Å². The van der Waals surface area contributed by atoms with Gasteiger partial charge in [-0.3, -0.25) is 18.7 Å². The van der Waals surface area contributed by atoms with Crippen LogP contribution < -0.4 is 16.6 Å². The van der Waals surface area contributed by atoms with Crippen molar-refractivity contribution in [1.29, 1.82) is 0 Å². The number of unbranched alkanes of at least 4 members (excludes halogenated alkanes) is 1. The molecule has 3 rings (SSSR count). The van der Waals surface area contributed by atoms with E-state index in [-0.39, 0.29) is 23.3 Å². The highest BCUT2D eigenvalue weighted by Crippen LogP contribution is 2.29. The van der Waals surface area contributed by atoms with Crippen LogP contribution >= 0.6 is 11.8 Å². The number of carbonyl (C=O) groups excluding carboxylic acids is 1. The van der Waals surface area contributed by atoms with Gasteiger partial charge in [0.05, 0.1) is 17.2 Å². The fraction of sp³-hybridized carbons (Fsp3) is 0.600. The monoisotopic (exact) mass is 420 g/mol. The Morgan fingerprint density at radius 2 is 2.14 bits per heavy atom. The van der Waals surface area contributed by atoms with Crippen molar-refractivity contribution in [1.82, 2.24) is 19.4 Å². The SMILES string of the molecule is CCCCc1cnc2c(c1SCC(=O)NC[C@H]1CCCO1)c(=O)n(C)c(=O)n2C. The van der Waals surface area contributed by atoms with Crippen molar-refractivity contribution in [3.05, 3.63) is 32.6 Å². The van der Waals surface area contributed by atoms with Gasteiger partial charge in [0.25, 0.3) is 5.56 Å². The van der Waals surface area contributed by atoms with Crippen molar-refractivity contribution >= 4 is 28.7 Å². The van der Waals surface area contributed by atoms with Gasteiger partial charge in [-0.15, -0.1) is 11.8 Å². The fourth-order valence-electron chi connectivity index (χ4n) is 3.47. The lowest BCUT2D eigenvalue weighted by atomic mass is 10.1. The maximum Gasteiger partial charge on any atom is 0.332 e. The van der Waals surface area contributed by atoms with Crippen LogP contribution in [-0.4, -0.2) is 45.0 Å². The maximum absolute atomic E-state index is 12.9. The summed E-state index contributed by atoms with van der Waals surface area (Å²) in [7, 11) is 3.07. The predicted molar refractivity (Wildman–Crippen MR) is 114 cm³/mol. The molecule has 1 atom stereocenters. The number of nitrogens with zero attached hydrogens (tertiary/aromatic N) is 3. The van der Waals surface area contributed by atoms with Crippen LogP contribution in [0.3, 0.4) is 0 Å². The number of ether oxygens (including phenoxy) is 1.